The van der Waals surface area contributed by atoms with Crippen molar-refractivity contribution in [3.8, 4) is 44.5 Å². The molecule has 0 saturated carbocycles. The van der Waals surface area contributed by atoms with Crippen LogP contribution in [0.15, 0.2) is 144 Å². The van der Waals surface area contributed by atoms with Gasteiger partial charge in [-0.3, -0.25) is 4.98 Å². The van der Waals surface area contributed by atoms with E-state index in [0.717, 1.165) is 49.5 Å². The van der Waals surface area contributed by atoms with Crippen molar-refractivity contribution >= 4 is 46.2 Å². The van der Waals surface area contributed by atoms with Gasteiger partial charge in [-0.05, 0) is 57.6 Å². The fraction of sp³-hybridized carbons (Fsp3) is 0.0732. The van der Waals surface area contributed by atoms with E-state index in [1.807, 2.05) is 12.3 Å². The summed E-state index contributed by atoms with van der Waals surface area (Å²) in [5.74, 6) is 0. The summed E-state index contributed by atoms with van der Waals surface area (Å²) in [6, 6.07) is 45.6. The van der Waals surface area contributed by atoms with E-state index >= 15 is 0 Å². The first-order chi connectivity index (χ1) is 21.9. The Kier molecular flexibility index (Phi) is 6.47. The largest absolute Gasteiger partial charge is 0.437 e. The molecular weight excluding hydrogens is 565 g/mol. The van der Waals surface area contributed by atoms with Gasteiger partial charge >= 0.3 is 0 Å². The molecule has 3 nitrogen and oxygen atoms in total. The smallest absolute Gasteiger partial charge is 0.227 e. The van der Waals surface area contributed by atoms with Crippen LogP contribution in [0.4, 0.5) is 0 Å². The van der Waals surface area contributed by atoms with Gasteiger partial charge < -0.3 is 4.42 Å². The normalized spacial score (nSPS) is 11.9. The molecule has 8 rings (SSSR count). The lowest BCUT2D eigenvalue weighted by atomic mass is 9.97. The Labute approximate surface area is 263 Å². The van der Waals surface area contributed by atoms with E-state index in [0.29, 0.717) is 5.71 Å². The van der Waals surface area contributed by atoms with E-state index in [9.17, 15) is 0 Å². The van der Waals surface area contributed by atoms with Gasteiger partial charge in [-0.25, -0.2) is 4.98 Å². The van der Waals surface area contributed by atoms with Gasteiger partial charge in [0.25, 0.3) is 0 Å². The van der Waals surface area contributed by atoms with Crippen molar-refractivity contribution in [2.24, 2.45) is 0 Å². The zero-order valence-electron chi connectivity index (χ0n) is 25.6. The maximum atomic E-state index is 6.16. The molecule has 5 aromatic carbocycles. The van der Waals surface area contributed by atoms with Crippen molar-refractivity contribution in [2.45, 2.75) is 19.6 Å². The molecule has 0 aliphatic rings. The number of benzene rings is 5. The number of rotatable bonds is 5. The summed E-state index contributed by atoms with van der Waals surface area (Å²) in [5.41, 5.74) is 11.8. The first kappa shape index (κ1) is 27.2. The third kappa shape index (κ3) is 5.03. The van der Waals surface area contributed by atoms with Crippen LogP contribution in [-0.2, 0) is 0 Å². The van der Waals surface area contributed by atoms with Gasteiger partial charge in [-0.1, -0.05) is 128 Å². The topological polar surface area (TPSA) is 38.9 Å². The van der Waals surface area contributed by atoms with Crippen LogP contribution in [-0.4, -0.2) is 18.0 Å². The molecule has 0 fully saturated rings. The predicted octanol–water partition coefficient (Wildman–Crippen LogP) is 10.7. The van der Waals surface area contributed by atoms with E-state index in [-0.39, 0.29) is 0 Å². The summed E-state index contributed by atoms with van der Waals surface area (Å²) in [5, 5.41) is 4.73. The maximum Gasteiger partial charge on any atom is 0.227 e. The predicted molar refractivity (Wildman–Crippen MR) is 192 cm³/mol. The molecule has 0 radical (unpaired) electrons. The Morgan fingerprint density at radius 2 is 1.11 bits per heavy atom. The molecule has 0 spiro atoms. The number of pyridine rings is 2. The minimum absolute atomic E-state index is 0.669. The van der Waals surface area contributed by atoms with Crippen LogP contribution in [0.25, 0.3) is 77.5 Å². The fourth-order valence-corrected chi connectivity index (χ4v) is 7.35. The highest BCUT2D eigenvalue weighted by atomic mass is 28.3. The molecule has 3 heterocycles. The highest BCUT2D eigenvalue weighted by Gasteiger charge is 2.16. The fourth-order valence-electron chi connectivity index (χ4n) is 6.18. The quantitative estimate of drug-likeness (QED) is 0.186. The van der Waals surface area contributed by atoms with E-state index in [4.69, 9.17) is 9.40 Å². The molecule has 0 amide bonds. The second-order valence-corrected chi connectivity index (χ2v) is 17.8. The molecule has 0 aliphatic carbocycles. The van der Waals surface area contributed by atoms with Crippen LogP contribution in [0.2, 0.25) is 19.6 Å². The summed E-state index contributed by atoms with van der Waals surface area (Å²) in [7, 11) is -1.30. The molecule has 0 N–H and O–H groups in total. The summed E-state index contributed by atoms with van der Waals surface area (Å²) in [6.45, 7) is 7.16. The monoisotopic (exact) mass is 596 g/mol. The Morgan fingerprint density at radius 1 is 0.511 bits per heavy atom. The molecule has 3 aromatic heterocycles. The molecule has 0 atom stereocenters. The van der Waals surface area contributed by atoms with Crippen LogP contribution in [0, 0.1) is 0 Å². The molecule has 0 aliphatic heterocycles. The molecule has 4 heteroatoms. The van der Waals surface area contributed by atoms with Crippen LogP contribution in [0.3, 0.4) is 0 Å². The highest BCUT2D eigenvalue weighted by molar-refractivity contribution is 6.88. The van der Waals surface area contributed by atoms with E-state index in [1.165, 1.54) is 27.4 Å². The summed E-state index contributed by atoms with van der Waals surface area (Å²) in [4.78, 5) is 9.27. The Bertz CT molecular complexity index is 2330. The van der Waals surface area contributed by atoms with Gasteiger partial charge in [-0.2, -0.15) is 0 Å². The number of hydrogen-bond acceptors (Lipinski definition) is 3. The van der Waals surface area contributed by atoms with Crippen LogP contribution < -0.4 is 5.19 Å². The van der Waals surface area contributed by atoms with Gasteiger partial charge in [0.15, 0.2) is 0 Å². The first-order valence-electron chi connectivity index (χ1n) is 15.4. The zero-order chi connectivity index (χ0) is 30.5. The van der Waals surface area contributed by atoms with Gasteiger partial charge in [0, 0.05) is 39.7 Å². The van der Waals surface area contributed by atoms with Crippen molar-refractivity contribution in [1.82, 2.24) is 9.97 Å². The third-order valence-electron chi connectivity index (χ3n) is 8.79. The van der Waals surface area contributed by atoms with Crippen molar-refractivity contribution < 1.29 is 4.42 Å². The first-order valence-corrected chi connectivity index (χ1v) is 18.9. The SMILES string of the molecule is C[Si](C)(C)c1ccc(-c2ccc(-c3ccc4cc(-c5ccc(-c6cccc7c6oc6ncccc67)cc5)cnc4c3)cc2)cc1. The van der Waals surface area contributed by atoms with Gasteiger partial charge in [0.05, 0.1) is 13.6 Å². The average molecular weight is 597 g/mol. The molecule has 0 saturated heterocycles. The standard InChI is InChI=1S/C41H32N2OSi/c1-45(2,3)35-21-19-28(20-22-35)27-9-11-29(12-10-27)32-17-18-33-24-34(26-43-39(33)25-32)30-13-15-31(16-14-30)36-6-4-7-37-38-8-5-23-42-41(38)44-40(36)37/h4-26H,1-3H3. The minimum Gasteiger partial charge on any atom is -0.437 e. The van der Waals surface area contributed by atoms with Crippen LogP contribution in [0.5, 0.6) is 0 Å². The van der Waals surface area contributed by atoms with Gasteiger partial charge in [-0.15, -0.1) is 0 Å². The number of nitrogens with zero attached hydrogens (tertiary/aromatic N) is 2. The Hall–Kier alpha value is -5.32. The van der Waals surface area contributed by atoms with E-state index in [1.54, 1.807) is 6.20 Å². The lowest BCUT2D eigenvalue weighted by Crippen LogP contribution is -2.37. The lowest BCUT2D eigenvalue weighted by Gasteiger charge is -2.16. The van der Waals surface area contributed by atoms with Gasteiger partial charge in [0.2, 0.25) is 5.71 Å². The molecule has 45 heavy (non-hydrogen) atoms. The molecule has 216 valence electrons. The van der Waals surface area contributed by atoms with E-state index < -0.39 is 8.07 Å². The summed E-state index contributed by atoms with van der Waals surface area (Å²) in [6.07, 6.45) is 3.74. The number of furan rings is 1. The summed E-state index contributed by atoms with van der Waals surface area (Å²) >= 11 is 0. The Morgan fingerprint density at radius 3 is 1.82 bits per heavy atom. The third-order valence-corrected chi connectivity index (χ3v) is 10.9. The lowest BCUT2D eigenvalue weighted by molar-refractivity contribution is 0.655. The van der Waals surface area contributed by atoms with Crippen LogP contribution in [0.1, 0.15) is 0 Å². The second-order valence-electron chi connectivity index (χ2n) is 12.8. The highest BCUT2D eigenvalue weighted by Crippen LogP contribution is 2.36. The second kappa shape index (κ2) is 10.7. The van der Waals surface area contributed by atoms with Crippen molar-refractivity contribution in [3.05, 3.63) is 140 Å². The Balaban J connectivity index is 1.04. The maximum absolute atomic E-state index is 6.16. The van der Waals surface area contributed by atoms with E-state index in [2.05, 4.69) is 146 Å². The molecule has 0 bridgehead atoms. The van der Waals surface area contributed by atoms with Crippen molar-refractivity contribution in [2.75, 3.05) is 0 Å². The van der Waals surface area contributed by atoms with Crippen LogP contribution >= 0.6 is 0 Å². The van der Waals surface area contributed by atoms with Crippen molar-refractivity contribution in [3.63, 3.8) is 0 Å². The molecular formula is C41H32N2OSi. The van der Waals surface area contributed by atoms with Gasteiger partial charge in [0.1, 0.15) is 5.58 Å². The summed E-state index contributed by atoms with van der Waals surface area (Å²) < 4.78 is 6.16. The number of aromatic nitrogens is 2. The minimum atomic E-state index is -1.30. The average Bonchev–Trinajstić information content (AvgIpc) is 3.47. The van der Waals surface area contributed by atoms with Crippen molar-refractivity contribution in [1.29, 1.82) is 0 Å². The molecule has 8 aromatic rings. The molecule has 0 unspecified atom stereocenters. The number of hydrogen-bond donors (Lipinski definition) is 0. The zero-order valence-corrected chi connectivity index (χ0v) is 26.6. The number of fused-ring (bicyclic) bond motifs is 4. The number of para-hydroxylation sites is 1.